The van der Waals surface area contributed by atoms with Crippen molar-refractivity contribution in [1.82, 2.24) is 0 Å². The molecule has 1 heterocycles. The van der Waals surface area contributed by atoms with E-state index < -0.39 is 10.5 Å². The fourth-order valence-electron chi connectivity index (χ4n) is 2.27. The van der Waals surface area contributed by atoms with Crippen LogP contribution in [0.5, 0.6) is 0 Å². The fraction of sp³-hybridized carbons (Fsp3) is 0.538. The number of aliphatic hydroxyl groups is 1. The van der Waals surface area contributed by atoms with Gasteiger partial charge in [-0.25, -0.2) is 0 Å². The molecule has 1 fully saturated rings. The predicted octanol–water partition coefficient (Wildman–Crippen LogP) is 1.57. The van der Waals surface area contributed by atoms with Gasteiger partial charge in [0.2, 0.25) is 0 Å². The van der Waals surface area contributed by atoms with Gasteiger partial charge in [0.05, 0.1) is 10.5 Å². The smallest absolute Gasteiger partial charge is 0.269 e. The van der Waals surface area contributed by atoms with Crippen LogP contribution in [0.25, 0.3) is 0 Å². The van der Waals surface area contributed by atoms with Crippen LogP contribution in [0.4, 0.5) is 11.4 Å². The molecule has 0 unspecified atom stereocenters. The van der Waals surface area contributed by atoms with Gasteiger partial charge in [-0.1, -0.05) is 0 Å². The van der Waals surface area contributed by atoms with Crippen LogP contribution in [-0.4, -0.2) is 42.4 Å². The first-order valence-electron chi connectivity index (χ1n) is 6.26. The summed E-state index contributed by atoms with van der Waals surface area (Å²) in [5, 5.41) is 21.0. The van der Waals surface area contributed by atoms with Crippen LogP contribution in [0.15, 0.2) is 24.3 Å². The highest BCUT2D eigenvalue weighted by Crippen LogP contribution is 2.25. The quantitative estimate of drug-likeness (QED) is 0.661. The van der Waals surface area contributed by atoms with Crippen LogP contribution < -0.4 is 4.90 Å². The normalized spacial score (nSPS) is 18.0. The zero-order valence-electron chi connectivity index (χ0n) is 10.9. The highest BCUT2D eigenvalue weighted by Gasteiger charge is 2.31. The average Bonchev–Trinajstić information content (AvgIpc) is 2.39. The van der Waals surface area contributed by atoms with Crippen LogP contribution >= 0.6 is 0 Å². The van der Waals surface area contributed by atoms with Crippen LogP contribution in [0.1, 0.15) is 12.8 Å². The summed E-state index contributed by atoms with van der Waals surface area (Å²) in [5.74, 6) is 0. The number of nitro groups is 1. The van der Waals surface area contributed by atoms with Crippen LogP contribution in [0, 0.1) is 10.1 Å². The van der Waals surface area contributed by atoms with E-state index in [1.807, 2.05) is 11.9 Å². The predicted molar refractivity (Wildman–Crippen MR) is 71.4 cm³/mol. The molecule has 1 aliphatic rings. The van der Waals surface area contributed by atoms with Crippen LogP contribution in [0.3, 0.4) is 0 Å². The van der Waals surface area contributed by atoms with Crippen molar-refractivity contribution in [3.8, 4) is 0 Å². The van der Waals surface area contributed by atoms with Crippen molar-refractivity contribution in [3.05, 3.63) is 34.4 Å². The molecule has 1 aromatic carbocycles. The lowest BCUT2D eigenvalue weighted by atomic mass is 9.94. The number of likely N-dealkylation sites (N-methyl/N-ethyl adjacent to an activating group) is 1. The van der Waals surface area contributed by atoms with Gasteiger partial charge < -0.3 is 14.7 Å². The van der Waals surface area contributed by atoms with E-state index in [-0.39, 0.29) is 5.69 Å². The Morgan fingerprint density at radius 2 is 1.95 bits per heavy atom. The molecule has 0 amide bonds. The van der Waals surface area contributed by atoms with E-state index in [0.717, 1.165) is 5.69 Å². The zero-order valence-corrected chi connectivity index (χ0v) is 10.9. The minimum absolute atomic E-state index is 0.0712. The molecule has 19 heavy (non-hydrogen) atoms. The molecule has 104 valence electrons. The van der Waals surface area contributed by atoms with Crippen molar-refractivity contribution in [2.75, 3.05) is 31.7 Å². The number of anilines is 1. The van der Waals surface area contributed by atoms with Crippen molar-refractivity contribution in [3.63, 3.8) is 0 Å². The third kappa shape index (κ3) is 3.42. The Morgan fingerprint density at radius 3 is 2.47 bits per heavy atom. The van der Waals surface area contributed by atoms with Gasteiger partial charge in [-0.2, -0.15) is 0 Å². The number of benzene rings is 1. The number of nitrogens with zero attached hydrogens (tertiary/aromatic N) is 2. The second-order valence-electron chi connectivity index (χ2n) is 4.97. The number of nitro benzene ring substituents is 1. The van der Waals surface area contributed by atoms with E-state index in [1.165, 1.54) is 12.1 Å². The standard InChI is InChI=1S/C13H18N2O4/c1-14(10-13(16)6-8-19-9-7-13)11-2-4-12(5-3-11)15(17)18/h2-5,16H,6-10H2,1H3. The summed E-state index contributed by atoms with van der Waals surface area (Å²) >= 11 is 0. The number of hydrogen-bond acceptors (Lipinski definition) is 5. The lowest BCUT2D eigenvalue weighted by Crippen LogP contribution is -2.45. The lowest BCUT2D eigenvalue weighted by molar-refractivity contribution is -0.384. The van der Waals surface area contributed by atoms with Gasteiger partial charge >= 0.3 is 0 Å². The van der Waals surface area contributed by atoms with Gasteiger partial charge in [0, 0.05) is 57.5 Å². The number of ether oxygens (including phenoxy) is 1. The molecule has 6 heteroatoms. The first kappa shape index (κ1) is 13.8. The average molecular weight is 266 g/mol. The molecule has 0 bridgehead atoms. The molecule has 0 aromatic heterocycles. The number of hydrogen-bond donors (Lipinski definition) is 1. The Labute approximate surface area is 111 Å². The second-order valence-corrected chi connectivity index (χ2v) is 4.97. The largest absolute Gasteiger partial charge is 0.388 e. The Hall–Kier alpha value is -1.66. The van der Waals surface area contributed by atoms with Crippen LogP contribution in [0.2, 0.25) is 0 Å². The van der Waals surface area contributed by atoms with E-state index in [4.69, 9.17) is 4.74 Å². The SMILES string of the molecule is CN(CC1(O)CCOCC1)c1ccc([N+](=O)[O-])cc1. The first-order valence-corrected chi connectivity index (χ1v) is 6.26. The van der Waals surface area contributed by atoms with E-state index in [0.29, 0.717) is 32.6 Å². The van der Waals surface area contributed by atoms with Crippen molar-refractivity contribution in [1.29, 1.82) is 0 Å². The Kier molecular flexibility index (Phi) is 4.01. The van der Waals surface area contributed by atoms with Gasteiger partial charge in [-0.05, 0) is 12.1 Å². The molecule has 2 rings (SSSR count). The topological polar surface area (TPSA) is 75.8 Å². The highest BCUT2D eigenvalue weighted by molar-refractivity contribution is 5.50. The molecular formula is C13H18N2O4. The molecule has 1 aromatic rings. The summed E-state index contributed by atoms with van der Waals surface area (Å²) in [6.45, 7) is 1.64. The fourth-order valence-corrected chi connectivity index (χ4v) is 2.27. The monoisotopic (exact) mass is 266 g/mol. The summed E-state index contributed by atoms with van der Waals surface area (Å²) in [7, 11) is 1.87. The molecule has 0 spiro atoms. The molecule has 1 N–H and O–H groups in total. The summed E-state index contributed by atoms with van der Waals surface area (Å²) < 4.78 is 5.24. The molecule has 0 aliphatic carbocycles. The molecule has 1 aliphatic heterocycles. The molecule has 0 radical (unpaired) electrons. The van der Waals surface area contributed by atoms with E-state index in [1.54, 1.807) is 12.1 Å². The Bertz CT molecular complexity index is 440. The molecule has 6 nitrogen and oxygen atoms in total. The van der Waals surface area contributed by atoms with E-state index in [2.05, 4.69) is 0 Å². The minimum atomic E-state index is -0.741. The number of non-ortho nitro benzene ring substituents is 1. The molecule has 1 saturated heterocycles. The van der Waals surface area contributed by atoms with Gasteiger partial charge in [-0.15, -0.1) is 0 Å². The highest BCUT2D eigenvalue weighted by atomic mass is 16.6. The molecule has 0 atom stereocenters. The van der Waals surface area contributed by atoms with Crippen LogP contribution in [-0.2, 0) is 4.74 Å². The minimum Gasteiger partial charge on any atom is -0.388 e. The Morgan fingerprint density at radius 1 is 1.37 bits per heavy atom. The maximum atomic E-state index is 10.6. The van der Waals surface area contributed by atoms with Crippen molar-refractivity contribution in [2.24, 2.45) is 0 Å². The first-order chi connectivity index (χ1) is 9.00. The van der Waals surface area contributed by atoms with Crippen molar-refractivity contribution in [2.45, 2.75) is 18.4 Å². The summed E-state index contributed by atoms with van der Waals surface area (Å²) in [6, 6.07) is 6.33. The molecular weight excluding hydrogens is 248 g/mol. The Balaban J connectivity index is 2.02. The summed E-state index contributed by atoms with van der Waals surface area (Å²) in [5.41, 5.74) is 0.182. The summed E-state index contributed by atoms with van der Waals surface area (Å²) in [4.78, 5) is 12.1. The van der Waals surface area contributed by atoms with Crippen molar-refractivity contribution >= 4 is 11.4 Å². The third-order valence-corrected chi connectivity index (χ3v) is 3.46. The maximum absolute atomic E-state index is 10.6. The zero-order chi connectivity index (χ0) is 13.9. The van der Waals surface area contributed by atoms with E-state index in [9.17, 15) is 15.2 Å². The van der Waals surface area contributed by atoms with Gasteiger partial charge in [0.1, 0.15) is 0 Å². The van der Waals surface area contributed by atoms with Crippen molar-refractivity contribution < 1.29 is 14.8 Å². The molecule has 0 saturated carbocycles. The summed E-state index contributed by atoms with van der Waals surface area (Å²) in [6.07, 6.45) is 1.23. The van der Waals surface area contributed by atoms with Gasteiger partial charge in [0.15, 0.2) is 0 Å². The van der Waals surface area contributed by atoms with E-state index >= 15 is 0 Å². The van der Waals surface area contributed by atoms with Gasteiger partial charge in [-0.3, -0.25) is 10.1 Å². The lowest BCUT2D eigenvalue weighted by Gasteiger charge is -2.36. The third-order valence-electron chi connectivity index (χ3n) is 3.46. The number of rotatable bonds is 4. The maximum Gasteiger partial charge on any atom is 0.269 e. The van der Waals surface area contributed by atoms with Gasteiger partial charge in [0.25, 0.3) is 5.69 Å². The second kappa shape index (κ2) is 5.54.